The molecule has 0 saturated carbocycles. The number of pyridine rings is 1. The lowest BCUT2D eigenvalue weighted by Crippen LogP contribution is -2.48. The first-order valence-corrected chi connectivity index (χ1v) is 10.3. The van der Waals surface area contributed by atoms with Crippen molar-refractivity contribution in [2.75, 3.05) is 31.1 Å². The van der Waals surface area contributed by atoms with Crippen LogP contribution in [0.3, 0.4) is 0 Å². The third-order valence-electron chi connectivity index (χ3n) is 4.80. The zero-order valence-electron chi connectivity index (χ0n) is 15.7. The van der Waals surface area contributed by atoms with Crippen LogP contribution in [0.5, 0.6) is 0 Å². The topological polar surface area (TPSA) is 129 Å². The molecule has 10 nitrogen and oxygen atoms in total. The van der Waals surface area contributed by atoms with Gasteiger partial charge in [-0.05, 0) is 47.5 Å². The van der Waals surface area contributed by atoms with Crippen molar-refractivity contribution in [2.24, 2.45) is 10.4 Å². The van der Waals surface area contributed by atoms with Crippen LogP contribution in [-0.2, 0) is 21.2 Å². The highest BCUT2D eigenvalue weighted by Gasteiger charge is 2.29. The van der Waals surface area contributed by atoms with E-state index in [1.165, 1.54) is 22.6 Å². The summed E-state index contributed by atoms with van der Waals surface area (Å²) >= 11 is 0. The number of nitroso groups, excluding NO2 is 2. The molecule has 3 rings (SSSR count). The fraction of sp³-hybridized carbons (Fsp3) is 0.333. The van der Waals surface area contributed by atoms with E-state index in [1.807, 2.05) is 4.90 Å². The molecule has 1 aliphatic rings. The lowest BCUT2D eigenvalue weighted by molar-refractivity contribution is -0.117. The number of hydrogen-bond donors (Lipinski definition) is 0. The second kappa shape index (κ2) is 8.53. The molecule has 2 heterocycles. The van der Waals surface area contributed by atoms with E-state index in [0.29, 0.717) is 30.0 Å². The first-order valence-electron chi connectivity index (χ1n) is 8.85. The molecular weight excluding hydrogens is 398 g/mol. The summed E-state index contributed by atoms with van der Waals surface area (Å²) in [7, 11) is -3.75. The van der Waals surface area contributed by atoms with Gasteiger partial charge in [-0.25, -0.2) is 13.4 Å². The Labute approximate surface area is 167 Å². The number of benzene rings is 1. The van der Waals surface area contributed by atoms with E-state index in [1.54, 1.807) is 25.1 Å². The maximum absolute atomic E-state index is 13.0. The number of aryl methyl sites for hydroxylation is 1. The Hall–Kier alpha value is -3.05. The van der Waals surface area contributed by atoms with Crippen LogP contribution >= 0.6 is 0 Å². The van der Waals surface area contributed by atoms with Gasteiger partial charge >= 0.3 is 0 Å². The van der Waals surface area contributed by atoms with E-state index in [2.05, 4.69) is 15.3 Å². The molecule has 0 aliphatic carbocycles. The molecule has 1 aromatic carbocycles. The number of amides is 1. The van der Waals surface area contributed by atoms with Gasteiger partial charge in [0, 0.05) is 31.4 Å². The SMILES string of the molecule is Cc1ccc(S(=O)(=O)N2CCN(c3ccc(N=O)cn3)CC2)cc1CC(=O)N=O. The van der Waals surface area contributed by atoms with Crippen LogP contribution < -0.4 is 4.90 Å². The third-order valence-corrected chi connectivity index (χ3v) is 6.70. The predicted molar refractivity (Wildman–Crippen MR) is 106 cm³/mol. The van der Waals surface area contributed by atoms with Gasteiger partial charge in [0.25, 0.3) is 5.91 Å². The molecule has 0 atom stereocenters. The fourth-order valence-electron chi connectivity index (χ4n) is 3.12. The van der Waals surface area contributed by atoms with Gasteiger partial charge in [0.05, 0.1) is 17.5 Å². The van der Waals surface area contributed by atoms with Crippen molar-refractivity contribution < 1.29 is 13.2 Å². The standard InChI is InChI=1S/C18H19N5O5S/c1-13-2-4-16(10-14(13)11-18(24)21-26)29(27,28)23-8-6-22(7-9-23)17-5-3-15(20-25)12-19-17/h2-5,10,12H,6-9,11H2,1H3. The molecule has 1 fully saturated rings. The van der Waals surface area contributed by atoms with Gasteiger partial charge in [0.1, 0.15) is 11.5 Å². The summed E-state index contributed by atoms with van der Waals surface area (Å²) in [6, 6.07) is 7.76. The van der Waals surface area contributed by atoms with Crippen molar-refractivity contribution in [1.29, 1.82) is 0 Å². The number of aromatic nitrogens is 1. The van der Waals surface area contributed by atoms with Crippen LogP contribution in [0.1, 0.15) is 11.1 Å². The number of hydrogen-bond acceptors (Lipinski definition) is 8. The summed E-state index contributed by atoms with van der Waals surface area (Å²) in [5.41, 5.74) is 1.40. The van der Waals surface area contributed by atoms with Crippen molar-refractivity contribution in [3.63, 3.8) is 0 Å². The second-order valence-corrected chi connectivity index (χ2v) is 8.55. The average Bonchev–Trinajstić information content (AvgIpc) is 2.75. The van der Waals surface area contributed by atoms with Crippen molar-refractivity contribution in [3.8, 4) is 0 Å². The van der Waals surface area contributed by atoms with Gasteiger partial charge < -0.3 is 4.90 Å². The molecule has 152 valence electrons. The molecule has 0 N–H and O–H groups in total. The van der Waals surface area contributed by atoms with Gasteiger partial charge in [-0.2, -0.15) is 4.31 Å². The molecule has 0 radical (unpaired) electrons. The quantitative estimate of drug-likeness (QED) is 0.658. The molecule has 1 aromatic heterocycles. The normalized spacial score (nSPS) is 15.1. The summed E-state index contributed by atoms with van der Waals surface area (Å²) in [5.74, 6) is -0.202. The van der Waals surface area contributed by atoms with Gasteiger partial charge in [-0.1, -0.05) is 6.07 Å². The van der Waals surface area contributed by atoms with E-state index in [9.17, 15) is 23.0 Å². The minimum absolute atomic E-state index is 0.0739. The zero-order valence-corrected chi connectivity index (χ0v) is 16.5. The maximum Gasteiger partial charge on any atom is 0.290 e. The first-order chi connectivity index (χ1) is 13.8. The van der Waals surface area contributed by atoms with Gasteiger partial charge in [-0.3, -0.25) is 4.79 Å². The van der Waals surface area contributed by atoms with Gasteiger partial charge in [0.2, 0.25) is 10.0 Å². The average molecular weight is 417 g/mol. The van der Waals surface area contributed by atoms with Crippen LogP contribution in [0.2, 0.25) is 0 Å². The number of rotatable bonds is 6. The highest BCUT2D eigenvalue weighted by molar-refractivity contribution is 7.89. The van der Waals surface area contributed by atoms with Gasteiger partial charge in [0.15, 0.2) is 0 Å². The monoisotopic (exact) mass is 417 g/mol. The molecule has 0 bridgehead atoms. The Bertz CT molecular complexity index is 1030. The molecular formula is C18H19N5O5S. The molecule has 1 amide bonds. The molecule has 1 aliphatic heterocycles. The Kier molecular flexibility index (Phi) is 6.09. The molecule has 0 spiro atoms. The lowest BCUT2D eigenvalue weighted by atomic mass is 10.1. The summed E-state index contributed by atoms with van der Waals surface area (Å²) in [5, 5.41) is 5.18. The molecule has 11 heteroatoms. The second-order valence-electron chi connectivity index (χ2n) is 6.61. The number of anilines is 1. The highest BCUT2D eigenvalue weighted by atomic mass is 32.2. The van der Waals surface area contributed by atoms with Crippen molar-refractivity contribution >= 4 is 27.4 Å². The summed E-state index contributed by atoms with van der Waals surface area (Å²) in [6.07, 6.45) is 1.14. The molecule has 0 unspecified atom stereocenters. The van der Waals surface area contributed by atoms with Crippen LogP contribution in [0.25, 0.3) is 0 Å². The van der Waals surface area contributed by atoms with E-state index in [0.717, 1.165) is 0 Å². The van der Waals surface area contributed by atoms with E-state index in [-0.39, 0.29) is 30.1 Å². The Morgan fingerprint density at radius 1 is 1.10 bits per heavy atom. The predicted octanol–water partition coefficient (Wildman–Crippen LogP) is 2.13. The number of nitrogens with zero attached hydrogens (tertiary/aromatic N) is 5. The third kappa shape index (κ3) is 4.51. The van der Waals surface area contributed by atoms with Gasteiger partial charge in [-0.15, -0.1) is 9.81 Å². The van der Waals surface area contributed by atoms with Crippen molar-refractivity contribution in [1.82, 2.24) is 9.29 Å². The maximum atomic E-state index is 13.0. The first kappa shape index (κ1) is 20.7. The lowest BCUT2D eigenvalue weighted by Gasteiger charge is -2.34. The van der Waals surface area contributed by atoms with Crippen molar-refractivity contribution in [2.45, 2.75) is 18.2 Å². The van der Waals surface area contributed by atoms with Crippen LogP contribution in [0.4, 0.5) is 11.5 Å². The highest BCUT2D eigenvalue weighted by Crippen LogP contribution is 2.23. The smallest absolute Gasteiger partial charge is 0.290 e. The Morgan fingerprint density at radius 2 is 1.83 bits per heavy atom. The van der Waals surface area contributed by atoms with Crippen LogP contribution in [-0.4, -0.2) is 49.8 Å². The Balaban J connectivity index is 1.74. The summed E-state index contributed by atoms with van der Waals surface area (Å²) < 4.78 is 27.4. The van der Waals surface area contributed by atoms with E-state index in [4.69, 9.17) is 0 Å². The summed E-state index contributed by atoms with van der Waals surface area (Å²) in [6.45, 7) is 3.13. The fourth-order valence-corrected chi connectivity index (χ4v) is 4.59. The number of carbonyl (C=O) groups is 1. The number of piperazine rings is 1. The van der Waals surface area contributed by atoms with Crippen LogP contribution in [0.15, 0.2) is 51.8 Å². The van der Waals surface area contributed by atoms with E-state index >= 15 is 0 Å². The largest absolute Gasteiger partial charge is 0.354 e. The van der Waals surface area contributed by atoms with Crippen molar-refractivity contribution in [3.05, 3.63) is 57.5 Å². The minimum atomic E-state index is -3.75. The summed E-state index contributed by atoms with van der Waals surface area (Å²) in [4.78, 5) is 38.4. The minimum Gasteiger partial charge on any atom is -0.354 e. The number of sulfonamides is 1. The molecule has 2 aromatic rings. The molecule has 1 saturated heterocycles. The Morgan fingerprint density at radius 3 is 2.41 bits per heavy atom. The number of carbonyl (C=O) groups excluding carboxylic acids is 1. The van der Waals surface area contributed by atoms with Crippen LogP contribution in [0, 0.1) is 16.7 Å². The molecule has 29 heavy (non-hydrogen) atoms. The van der Waals surface area contributed by atoms with E-state index < -0.39 is 15.9 Å². The zero-order chi connectivity index (χ0) is 21.0.